The van der Waals surface area contributed by atoms with Crippen molar-refractivity contribution < 1.29 is 47.7 Å². The van der Waals surface area contributed by atoms with Crippen molar-refractivity contribution in [3.63, 3.8) is 0 Å². The lowest BCUT2D eigenvalue weighted by atomic mass is 9.96. The van der Waals surface area contributed by atoms with Gasteiger partial charge >= 0.3 is 23.9 Å². The number of hydrogen-bond donors (Lipinski definition) is 1. The van der Waals surface area contributed by atoms with Crippen molar-refractivity contribution in [1.82, 2.24) is 5.32 Å². The summed E-state index contributed by atoms with van der Waals surface area (Å²) in [5.41, 5.74) is 0.566. The molecule has 1 N–H and O–H groups in total. The molecule has 0 unspecified atom stereocenters. The number of esters is 4. The first-order valence-corrected chi connectivity index (χ1v) is 10.9. The van der Waals surface area contributed by atoms with E-state index >= 15 is 0 Å². The number of hydrogen-bond acceptors (Lipinski definition) is 10. The second-order valence-electron chi connectivity index (χ2n) is 7.49. The van der Waals surface area contributed by atoms with E-state index in [2.05, 4.69) is 5.32 Å². The Kier molecular flexibility index (Phi) is 10.2. The molecule has 1 aliphatic rings. The molecule has 0 radical (unpaired) electrons. The van der Waals surface area contributed by atoms with E-state index in [0.29, 0.717) is 10.6 Å². The van der Waals surface area contributed by atoms with E-state index in [0.717, 1.165) is 27.7 Å². The minimum atomic E-state index is -1.47. The average molecular weight is 512 g/mol. The van der Waals surface area contributed by atoms with Crippen molar-refractivity contribution in [2.45, 2.75) is 58.3 Å². The molecule has 0 saturated carbocycles. The minimum absolute atomic E-state index is 0.407. The van der Waals surface area contributed by atoms with Gasteiger partial charge in [0, 0.05) is 38.8 Å². The average Bonchev–Trinajstić information content (AvgIpc) is 2.75. The number of nitrogens with one attached hydrogen (secondary N) is 1. The van der Waals surface area contributed by atoms with Crippen molar-refractivity contribution in [1.29, 1.82) is 0 Å². The quantitative estimate of drug-likeness (QED) is 0.310. The summed E-state index contributed by atoms with van der Waals surface area (Å²) >= 11 is 6.09. The molecule has 11 nitrogen and oxygen atoms in total. The lowest BCUT2D eigenvalue weighted by Gasteiger charge is -2.44. The van der Waals surface area contributed by atoms with Gasteiger partial charge in [0.1, 0.15) is 18.8 Å². The molecule has 1 heterocycles. The van der Waals surface area contributed by atoms with E-state index in [1.807, 2.05) is 0 Å². The van der Waals surface area contributed by atoms with E-state index in [4.69, 9.17) is 35.3 Å². The van der Waals surface area contributed by atoms with Crippen LogP contribution in [0.2, 0.25) is 5.02 Å². The van der Waals surface area contributed by atoms with Gasteiger partial charge in [0.05, 0.1) is 0 Å². The molecule has 0 aliphatic carbocycles. The Labute approximate surface area is 206 Å². The van der Waals surface area contributed by atoms with Crippen LogP contribution in [0.3, 0.4) is 0 Å². The summed E-state index contributed by atoms with van der Waals surface area (Å²) in [7, 11) is 0. The van der Waals surface area contributed by atoms with Gasteiger partial charge in [-0.05, 0) is 17.7 Å². The van der Waals surface area contributed by atoms with Gasteiger partial charge in [0.2, 0.25) is 12.2 Å². The predicted molar refractivity (Wildman–Crippen MR) is 121 cm³/mol. The third-order valence-electron chi connectivity index (χ3n) is 4.61. The molecule has 0 bridgehead atoms. The highest BCUT2D eigenvalue weighted by Gasteiger charge is 2.52. The lowest BCUT2D eigenvalue weighted by Crippen LogP contribution is -2.66. The van der Waals surface area contributed by atoms with Crippen LogP contribution in [0.5, 0.6) is 0 Å². The monoisotopic (exact) mass is 511 g/mol. The van der Waals surface area contributed by atoms with Crippen LogP contribution in [0.4, 0.5) is 0 Å². The third kappa shape index (κ3) is 8.69. The maximum absolute atomic E-state index is 12.7. The van der Waals surface area contributed by atoms with Crippen molar-refractivity contribution in [2.75, 3.05) is 6.61 Å². The van der Waals surface area contributed by atoms with Gasteiger partial charge in [-0.1, -0.05) is 29.8 Å². The molecule has 0 aromatic heterocycles. The van der Waals surface area contributed by atoms with Crippen molar-refractivity contribution >= 4 is 47.5 Å². The molecule has 190 valence electrons. The lowest BCUT2D eigenvalue weighted by molar-refractivity contribution is -0.270. The van der Waals surface area contributed by atoms with Crippen LogP contribution in [0, 0.1) is 0 Å². The number of benzene rings is 1. The van der Waals surface area contributed by atoms with Crippen LogP contribution < -0.4 is 5.32 Å². The van der Waals surface area contributed by atoms with Gasteiger partial charge in [-0.2, -0.15) is 0 Å². The summed E-state index contributed by atoms with van der Waals surface area (Å²) in [6.45, 7) is 4.09. The molecule has 12 heteroatoms. The molecule has 5 atom stereocenters. The Morgan fingerprint density at radius 2 is 1.51 bits per heavy atom. The molecule has 1 aliphatic heterocycles. The molecular formula is C23H26ClNO10. The zero-order valence-corrected chi connectivity index (χ0v) is 20.3. The smallest absolute Gasteiger partial charge is 0.305 e. The number of amides is 1. The second-order valence-corrected chi connectivity index (χ2v) is 7.90. The molecule has 35 heavy (non-hydrogen) atoms. The Morgan fingerprint density at radius 3 is 2.09 bits per heavy atom. The minimum Gasteiger partial charge on any atom is -0.463 e. The number of rotatable bonds is 8. The highest BCUT2D eigenvalue weighted by Crippen LogP contribution is 2.28. The second kappa shape index (κ2) is 12.9. The number of ether oxygens (including phenoxy) is 5. The predicted octanol–water partition coefficient (Wildman–Crippen LogP) is 1.55. The third-order valence-corrected chi connectivity index (χ3v) is 4.96. The molecule has 0 spiro atoms. The molecule has 1 aromatic carbocycles. The first-order valence-electron chi connectivity index (χ1n) is 10.5. The van der Waals surface area contributed by atoms with E-state index in [-0.39, 0.29) is 0 Å². The molecular weight excluding hydrogens is 486 g/mol. The molecule has 2 rings (SSSR count). The van der Waals surface area contributed by atoms with E-state index in [1.165, 1.54) is 12.2 Å². The maximum Gasteiger partial charge on any atom is 0.305 e. The van der Waals surface area contributed by atoms with Crippen LogP contribution in [0.25, 0.3) is 6.08 Å². The number of halogens is 1. The number of carbonyl (C=O) groups is 5. The summed E-state index contributed by atoms with van der Waals surface area (Å²) in [5.74, 6) is -3.61. The first-order chi connectivity index (χ1) is 16.5. The van der Waals surface area contributed by atoms with Gasteiger partial charge in [0.25, 0.3) is 0 Å². The Bertz CT molecular complexity index is 994. The normalized spacial score (nSPS) is 23.7. The highest BCUT2D eigenvalue weighted by atomic mass is 35.5. The van der Waals surface area contributed by atoms with Crippen LogP contribution in [0.1, 0.15) is 33.3 Å². The van der Waals surface area contributed by atoms with Crippen LogP contribution in [0.15, 0.2) is 30.3 Å². The fourth-order valence-electron chi connectivity index (χ4n) is 3.31. The standard InChI is InChI=1S/C23H26ClNO10/c1-12(26)31-11-18-21(32-13(2)27)22(33-14(3)28)20(23(35-18)34-15(4)29)25-19(30)10-9-16-7-5-6-8-17(16)24/h5-10,18,20-23H,11H2,1-4H3,(H,25,30)/b10-9+/t18-,20-,21+,22-,23-/m1/s1. The Balaban J connectivity index is 2.39. The van der Waals surface area contributed by atoms with Gasteiger partial charge < -0.3 is 29.0 Å². The van der Waals surface area contributed by atoms with Crippen LogP contribution >= 0.6 is 11.6 Å². The Morgan fingerprint density at radius 1 is 0.914 bits per heavy atom. The highest BCUT2D eigenvalue weighted by molar-refractivity contribution is 6.32. The van der Waals surface area contributed by atoms with E-state index in [1.54, 1.807) is 24.3 Å². The maximum atomic E-state index is 12.7. The Hall–Kier alpha value is -3.44. The van der Waals surface area contributed by atoms with Crippen molar-refractivity contribution in [2.24, 2.45) is 0 Å². The first kappa shape index (κ1) is 27.8. The van der Waals surface area contributed by atoms with E-state index < -0.39 is 67.0 Å². The summed E-state index contributed by atoms with van der Waals surface area (Å²) in [5, 5.41) is 2.97. The zero-order chi connectivity index (χ0) is 26.1. The topological polar surface area (TPSA) is 144 Å². The summed E-state index contributed by atoms with van der Waals surface area (Å²) in [4.78, 5) is 59.5. The SMILES string of the molecule is CC(=O)OC[C@H]1O[C@@H](OC(C)=O)[C@H](NC(=O)/C=C/c2ccccc2Cl)[C@@H](OC(C)=O)[C@H]1OC(C)=O. The molecule has 1 saturated heterocycles. The summed E-state index contributed by atoms with van der Waals surface area (Å²) < 4.78 is 26.5. The van der Waals surface area contributed by atoms with Gasteiger partial charge in [-0.15, -0.1) is 0 Å². The van der Waals surface area contributed by atoms with Gasteiger partial charge in [-0.25, -0.2) is 0 Å². The zero-order valence-electron chi connectivity index (χ0n) is 19.5. The molecule has 1 amide bonds. The summed E-state index contributed by atoms with van der Waals surface area (Å²) in [6.07, 6.45) is -2.68. The van der Waals surface area contributed by atoms with Crippen molar-refractivity contribution in [3.05, 3.63) is 40.9 Å². The fourth-order valence-corrected chi connectivity index (χ4v) is 3.51. The van der Waals surface area contributed by atoms with Crippen LogP contribution in [-0.2, 0) is 47.7 Å². The largest absolute Gasteiger partial charge is 0.463 e. The fraction of sp³-hybridized carbons (Fsp3) is 0.435. The summed E-state index contributed by atoms with van der Waals surface area (Å²) in [6, 6.07) is 5.51. The molecule has 1 fully saturated rings. The van der Waals surface area contributed by atoms with E-state index in [9.17, 15) is 24.0 Å². The van der Waals surface area contributed by atoms with Gasteiger partial charge in [0.15, 0.2) is 12.2 Å². The van der Waals surface area contributed by atoms with Gasteiger partial charge in [-0.3, -0.25) is 24.0 Å². The van der Waals surface area contributed by atoms with Crippen LogP contribution in [-0.4, -0.2) is 67.0 Å². The number of carbonyl (C=O) groups excluding carboxylic acids is 5. The molecule has 1 aromatic rings. The van der Waals surface area contributed by atoms with Crippen molar-refractivity contribution in [3.8, 4) is 0 Å².